The van der Waals surface area contributed by atoms with Crippen molar-refractivity contribution in [3.63, 3.8) is 0 Å². The number of nitrogens with zero attached hydrogens (tertiary/aromatic N) is 1. The van der Waals surface area contributed by atoms with Crippen LogP contribution in [-0.2, 0) is 4.74 Å². The van der Waals surface area contributed by atoms with Crippen LogP contribution < -0.4 is 15.1 Å². The highest BCUT2D eigenvalue weighted by Gasteiger charge is 2.27. The van der Waals surface area contributed by atoms with E-state index < -0.39 is 0 Å². The Morgan fingerprint density at radius 3 is 2.52 bits per heavy atom. The standard InChI is InChI=1S/C21H26ClN3O2/c1-24(2)19-8-6-16(7-9-19)20(25-10-12-27-13-11-25)15-23-21(26)17-4-3-5-18(22)14-17/h3-9,14,20H,10-13,15H2,1-2H3,(H,23,26)/p+1/t20-/m0/s1. The first-order chi connectivity index (χ1) is 13.0. The SMILES string of the molecule is CN(C)c1ccc([C@H](CNC(=O)c2cccc(Cl)c2)[NH+]2CCOCC2)cc1. The number of rotatable bonds is 6. The fraction of sp³-hybridized carbons (Fsp3) is 0.381. The Labute approximate surface area is 165 Å². The van der Waals surface area contributed by atoms with Gasteiger partial charge in [0.05, 0.1) is 19.8 Å². The van der Waals surface area contributed by atoms with Gasteiger partial charge in [0.25, 0.3) is 5.91 Å². The second kappa shape index (κ2) is 9.22. The first-order valence-electron chi connectivity index (χ1n) is 9.28. The fourth-order valence-corrected chi connectivity index (χ4v) is 3.60. The number of hydrogen-bond acceptors (Lipinski definition) is 3. The van der Waals surface area contributed by atoms with Gasteiger partial charge in [-0.2, -0.15) is 0 Å². The van der Waals surface area contributed by atoms with Crippen molar-refractivity contribution in [1.29, 1.82) is 0 Å². The zero-order valence-electron chi connectivity index (χ0n) is 15.9. The molecule has 5 nitrogen and oxygen atoms in total. The number of benzene rings is 2. The third-order valence-electron chi connectivity index (χ3n) is 4.99. The number of morpholine rings is 1. The van der Waals surface area contributed by atoms with E-state index in [1.165, 1.54) is 10.5 Å². The van der Waals surface area contributed by atoms with Crippen molar-refractivity contribution in [2.45, 2.75) is 6.04 Å². The van der Waals surface area contributed by atoms with Crippen LogP contribution >= 0.6 is 11.6 Å². The van der Waals surface area contributed by atoms with Crippen LogP contribution in [-0.4, -0.2) is 52.9 Å². The topological polar surface area (TPSA) is 46.0 Å². The van der Waals surface area contributed by atoms with Crippen molar-refractivity contribution < 1.29 is 14.4 Å². The third-order valence-corrected chi connectivity index (χ3v) is 5.23. The molecule has 1 amide bonds. The maximum absolute atomic E-state index is 12.5. The second-order valence-electron chi connectivity index (χ2n) is 7.03. The van der Waals surface area contributed by atoms with E-state index in [9.17, 15) is 4.79 Å². The van der Waals surface area contributed by atoms with E-state index in [-0.39, 0.29) is 11.9 Å². The van der Waals surface area contributed by atoms with Gasteiger partial charge in [-0.1, -0.05) is 29.8 Å². The summed E-state index contributed by atoms with van der Waals surface area (Å²) in [6.07, 6.45) is 0. The molecule has 6 heteroatoms. The van der Waals surface area contributed by atoms with Gasteiger partial charge in [0.15, 0.2) is 0 Å². The smallest absolute Gasteiger partial charge is 0.251 e. The number of carbonyl (C=O) groups is 1. The number of amides is 1. The maximum Gasteiger partial charge on any atom is 0.251 e. The molecule has 0 unspecified atom stereocenters. The molecule has 0 saturated carbocycles. The van der Waals surface area contributed by atoms with Crippen molar-refractivity contribution in [3.05, 3.63) is 64.7 Å². The quantitative estimate of drug-likeness (QED) is 0.793. The average molecular weight is 389 g/mol. The van der Waals surface area contributed by atoms with E-state index in [1.54, 1.807) is 24.3 Å². The van der Waals surface area contributed by atoms with Gasteiger partial charge in [0, 0.05) is 35.9 Å². The normalized spacial score (nSPS) is 16.0. The lowest BCUT2D eigenvalue weighted by atomic mass is 10.0. The Bertz CT molecular complexity index is 758. The Balaban J connectivity index is 1.74. The summed E-state index contributed by atoms with van der Waals surface area (Å²) in [4.78, 5) is 16.1. The fourth-order valence-electron chi connectivity index (χ4n) is 3.41. The minimum Gasteiger partial charge on any atom is -0.378 e. The minimum absolute atomic E-state index is 0.0972. The van der Waals surface area contributed by atoms with Crippen LogP contribution in [0.1, 0.15) is 22.0 Å². The average Bonchev–Trinajstić information content (AvgIpc) is 2.69. The lowest BCUT2D eigenvalue weighted by molar-refractivity contribution is -0.937. The van der Waals surface area contributed by atoms with Crippen molar-refractivity contribution in [2.75, 3.05) is 51.8 Å². The largest absolute Gasteiger partial charge is 0.378 e. The summed E-state index contributed by atoms with van der Waals surface area (Å²) in [5.74, 6) is -0.0972. The molecule has 144 valence electrons. The van der Waals surface area contributed by atoms with Crippen molar-refractivity contribution in [2.24, 2.45) is 0 Å². The summed E-state index contributed by atoms with van der Waals surface area (Å²) in [6, 6.07) is 15.8. The summed E-state index contributed by atoms with van der Waals surface area (Å²) < 4.78 is 5.51. The molecular formula is C21H27ClN3O2+. The van der Waals surface area contributed by atoms with E-state index in [2.05, 4.69) is 34.5 Å². The molecule has 0 spiro atoms. The van der Waals surface area contributed by atoms with Gasteiger partial charge in [0.2, 0.25) is 0 Å². The molecule has 2 N–H and O–H groups in total. The van der Waals surface area contributed by atoms with Crippen LogP contribution in [0.2, 0.25) is 5.02 Å². The molecule has 1 aliphatic heterocycles. The van der Waals surface area contributed by atoms with E-state index in [0.717, 1.165) is 32.0 Å². The van der Waals surface area contributed by atoms with Crippen LogP contribution in [0.25, 0.3) is 0 Å². The maximum atomic E-state index is 12.5. The van der Waals surface area contributed by atoms with Crippen LogP contribution in [0.4, 0.5) is 5.69 Å². The number of quaternary nitrogens is 1. The summed E-state index contributed by atoms with van der Waals surface area (Å²) >= 11 is 6.01. The van der Waals surface area contributed by atoms with Crippen LogP contribution in [0, 0.1) is 0 Å². The Hall–Kier alpha value is -2.08. The van der Waals surface area contributed by atoms with E-state index >= 15 is 0 Å². The zero-order valence-corrected chi connectivity index (χ0v) is 16.6. The molecule has 1 saturated heterocycles. The predicted octanol–water partition coefficient (Wildman–Crippen LogP) is 1.79. The molecule has 27 heavy (non-hydrogen) atoms. The van der Waals surface area contributed by atoms with Crippen molar-refractivity contribution in [3.8, 4) is 0 Å². The highest BCUT2D eigenvalue weighted by molar-refractivity contribution is 6.30. The molecule has 0 aromatic heterocycles. The summed E-state index contributed by atoms with van der Waals surface area (Å²) in [6.45, 7) is 3.95. The number of nitrogens with one attached hydrogen (secondary N) is 2. The van der Waals surface area contributed by atoms with Crippen LogP contribution in [0.3, 0.4) is 0 Å². The second-order valence-corrected chi connectivity index (χ2v) is 7.47. The first kappa shape index (κ1) is 19.7. The first-order valence-corrected chi connectivity index (χ1v) is 9.66. The number of hydrogen-bond donors (Lipinski definition) is 2. The van der Waals surface area contributed by atoms with E-state index in [0.29, 0.717) is 17.1 Å². The van der Waals surface area contributed by atoms with E-state index in [4.69, 9.17) is 16.3 Å². The molecule has 0 bridgehead atoms. The van der Waals surface area contributed by atoms with Crippen LogP contribution in [0.5, 0.6) is 0 Å². The molecule has 2 aromatic rings. The molecular weight excluding hydrogens is 362 g/mol. The minimum atomic E-state index is -0.0972. The van der Waals surface area contributed by atoms with Gasteiger partial charge in [-0.05, 0) is 30.3 Å². The zero-order chi connectivity index (χ0) is 19.2. The van der Waals surface area contributed by atoms with Gasteiger partial charge < -0.3 is 19.9 Å². The lowest BCUT2D eigenvalue weighted by Gasteiger charge is -2.32. The molecule has 3 rings (SSSR count). The summed E-state index contributed by atoms with van der Waals surface area (Å²) in [5.41, 5.74) is 2.97. The van der Waals surface area contributed by atoms with Gasteiger partial charge in [-0.15, -0.1) is 0 Å². The van der Waals surface area contributed by atoms with Gasteiger partial charge in [0.1, 0.15) is 19.1 Å². The highest BCUT2D eigenvalue weighted by atomic mass is 35.5. The summed E-state index contributed by atoms with van der Waals surface area (Å²) in [7, 11) is 4.07. The summed E-state index contributed by atoms with van der Waals surface area (Å²) in [5, 5.41) is 3.66. The Morgan fingerprint density at radius 1 is 1.19 bits per heavy atom. The Morgan fingerprint density at radius 2 is 1.89 bits per heavy atom. The van der Waals surface area contributed by atoms with Crippen molar-refractivity contribution in [1.82, 2.24) is 5.32 Å². The molecule has 0 radical (unpaired) electrons. The number of anilines is 1. The van der Waals surface area contributed by atoms with Gasteiger partial charge in [-0.25, -0.2) is 0 Å². The van der Waals surface area contributed by atoms with Crippen LogP contribution in [0.15, 0.2) is 48.5 Å². The lowest BCUT2D eigenvalue weighted by Crippen LogP contribution is -3.15. The number of halogens is 1. The predicted molar refractivity (Wildman–Crippen MR) is 109 cm³/mol. The molecule has 2 aromatic carbocycles. The highest BCUT2D eigenvalue weighted by Crippen LogP contribution is 2.17. The molecule has 1 aliphatic rings. The molecule has 1 fully saturated rings. The monoisotopic (exact) mass is 388 g/mol. The number of ether oxygens (including phenoxy) is 1. The molecule has 1 heterocycles. The molecule has 0 aliphatic carbocycles. The van der Waals surface area contributed by atoms with E-state index in [1.807, 2.05) is 14.1 Å². The molecule has 1 atom stereocenters. The van der Waals surface area contributed by atoms with Crippen molar-refractivity contribution >= 4 is 23.2 Å². The number of carbonyl (C=O) groups excluding carboxylic acids is 1. The third kappa shape index (κ3) is 5.22. The van der Waals surface area contributed by atoms with Gasteiger partial charge >= 0.3 is 0 Å². The van der Waals surface area contributed by atoms with Gasteiger partial charge in [-0.3, -0.25) is 4.79 Å². The Kier molecular flexibility index (Phi) is 6.72.